The fourth-order valence-corrected chi connectivity index (χ4v) is 7.10. The zero-order valence-corrected chi connectivity index (χ0v) is 25.6. The molecule has 2 aliphatic rings. The number of carbonyl (C=O) groups is 1. The van der Waals surface area contributed by atoms with E-state index in [1.165, 1.54) is 0 Å². The summed E-state index contributed by atoms with van der Waals surface area (Å²) in [5.74, 6) is -0.917. The van der Waals surface area contributed by atoms with Crippen LogP contribution in [0.3, 0.4) is 0 Å². The summed E-state index contributed by atoms with van der Waals surface area (Å²) in [6.07, 6.45) is 5.27. The van der Waals surface area contributed by atoms with Gasteiger partial charge < -0.3 is 14.2 Å². The topological polar surface area (TPSA) is 69.5 Å². The molecule has 0 spiro atoms. The quantitative estimate of drug-likeness (QED) is 0.302. The van der Waals surface area contributed by atoms with Gasteiger partial charge in [-0.15, -0.1) is 11.3 Å². The Morgan fingerprint density at radius 1 is 1.32 bits per heavy atom. The third kappa shape index (κ3) is 6.69. The maximum absolute atomic E-state index is 13.5. The van der Waals surface area contributed by atoms with Gasteiger partial charge in [-0.05, 0) is 49.0 Å². The van der Waals surface area contributed by atoms with E-state index in [1.807, 2.05) is 18.3 Å². The summed E-state index contributed by atoms with van der Waals surface area (Å²) in [6, 6.07) is 7.85. The van der Waals surface area contributed by atoms with Gasteiger partial charge in [0.05, 0.1) is 22.2 Å². The Labute approximate surface area is 235 Å². The normalized spacial score (nSPS) is 19.1. The molecule has 1 aliphatic carbocycles. The predicted octanol–water partition coefficient (Wildman–Crippen LogP) is 6.92. The molecule has 2 heterocycles. The van der Waals surface area contributed by atoms with Gasteiger partial charge in [0.15, 0.2) is 13.4 Å². The average molecular weight is 580 g/mol. The molecule has 1 aliphatic heterocycles. The van der Waals surface area contributed by atoms with Gasteiger partial charge in [0.1, 0.15) is 5.92 Å². The van der Waals surface area contributed by atoms with Crippen molar-refractivity contribution in [2.75, 3.05) is 18.0 Å². The fraction of sp³-hybridized carbons (Fsp3) is 0.593. The lowest BCUT2D eigenvalue weighted by Crippen LogP contribution is -2.44. The van der Waals surface area contributed by atoms with Crippen molar-refractivity contribution in [2.24, 2.45) is 5.92 Å². The monoisotopic (exact) mass is 578 g/mol. The lowest BCUT2D eigenvalue weighted by molar-refractivity contribution is -0.135. The highest BCUT2D eigenvalue weighted by Crippen LogP contribution is 2.39. The summed E-state index contributed by atoms with van der Waals surface area (Å²) in [5.41, 5.74) is 0.801. The molecular weight excluding hydrogens is 543 g/mol. The number of anilines is 1. The first-order valence-corrected chi connectivity index (χ1v) is 17.4. The zero-order chi connectivity index (χ0) is 27.0. The van der Waals surface area contributed by atoms with E-state index in [1.54, 1.807) is 22.3 Å². The van der Waals surface area contributed by atoms with Crippen LogP contribution in [0.1, 0.15) is 50.5 Å². The summed E-state index contributed by atoms with van der Waals surface area (Å²) >= 11 is 14.1. The standard InChI is InChI=1S/C27H36Cl2N4O2SSi/c1-27(2,3)37(4,5)35-21-11-12-32(17-21)26-31-15-22(36-26)13-19(14-30)25(34)33(20-9-10-20)16-18-7-6-8-23(28)24(18)29/h6-8,15,19-21H,9-13,16-17H2,1-5H3. The first kappa shape index (κ1) is 28.4. The number of rotatable bonds is 9. The largest absolute Gasteiger partial charge is 0.412 e. The van der Waals surface area contributed by atoms with E-state index < -0.39 is 14.2 Å². The van der Waals surface area contributed by atoms with Crippen LogP contribution in [0.2, 0.25) is 28.2 Å². The fourth-order valence-electron chi connectivity index (χ4n) is 4.35. The van der Waals surface area contributed by atoms with Gasteiger partial charge in [-0.2, -0.15) is 5.26 Å². The highest BCUT2D eigenvalue weighted by atomic mass is 35.5. The number of hydrogen-bond donors (Lipinski definition) is 0. The van der Waals surface area contributed by atoms with E-state index in [0.29, 0.717) is 23.0 Å². The molecule has 0 bridgehead atoms. The number of nitrogens with zero attached hydrogens (tertiary/aromatic N) is 4. The Morgan fingerprint density at radius 2 is 2.05 bits per heavy atom. The minimum Gasteiger partial charge on any atom is -0.412 e. The zero-order valence-electron chi connectivity index (χ0n) is 22.3. The number of amides is 1. The minimum atomic E-state index is -1.82. The maximum Gasteiger partial charge on any atom is 0.240 e. The summed E-state index contributed by atoms with van der Waals surface area (Å²) in [4.78, 5) is 23.1. The molecule has 2 atom stereocenters. The van der Waals surface area contributed by atoms with Gasteiger partial charge in [-0.3, -0.25) is 4.79 Å². The molecule has 1 aromatic carbocycles. The molecule has 0 N–H and O–H groups in total. The lowest BCUT2D eigenvalue weighted by atomic mass is 10.0. The number of hydrogen-bond acceptors (Lipinski definition) is 6. The van der Waals surface area contributed by atoms with Crippen LogP contribution in [0.5, 0.6) is 0 Å². The minimum absolute atomic E-state index is 0.151. The smallest absolute Gasteiger partial charge is 0.240 e. The summed E-state index contributed by atoms with van der Waals surface area (Å²) in [7, 11) is -1.82. The van der Waals surface area contributed by atoms with Crippen LogP contribution in [0, 0.1) is 17.2 Å². The summed E-state index contributed by atoms with van der Waals surface area (Å²) in [6.45, 7) is 13.5. The molecule has 2 unspecified atom stereocenters. The number of aromatic nitrogens is 1. The van der Waals surface area contributed by atoms with Crippen LogP contribution in [0.15, 0.2) is 24.4 Å². The van der Waals surface area contributed by atoms with Crippen molar-refractivity contribution in [3.05, 3.63) is 44.9 Å². The summed E-state index contributed by atoms with van der Waals surface area (Å²) in [5, 5.41) is 12.0. The van der Waals surface area contributed by atoms with E-state index in [-0.39, 0.29) is 23.1 Å². The van der Waals surface area contributed by atoms with Crippen molar-refractivity contribution in [1.29, 1.82) is 5.26 Å². The Balaban J connectivity index is 1.39. The third-order valence-corrected chi connectivity index (χ3v) is 14.2. The van der Waals surface area contributed by atoms with Crippen LogP contribution in [-0.2, 0) is 22.2 Å². The molecule has 2 aromatic rings. The van der Waals surface area contributed by atoms with Gasteiger partial charge in [0, 0.05) is 43.2 Å². The first-order chi connectivity index (χ1) is 17.4. The van der Waals surface area contributed by atoms with Crippen molar-refractivity contribution in [2.45, 2.75) is 83.3 Å². The molecule has 0 radical (unpaired) electrons. The van der Waals surface area contributed by atoms with Crippen molar-refractivity contribution in [3.63, 3.8) is 0 Å². The van der Waals surface area contributed by atoms with E-state index in [4.69, 9.17) is 27.6 Å². The molecule has 1 saturated carbocycles. The van der Waals surface area contributed by atoms with Gasteiger partial charge in [-0.25, -0.2) is 4.98 Å². The summed E-state index contributed by atoms with van der Waals surface area (Å²) < 4.78 is 6.62. The first-order valence-electron chi connectivity index (χ1n) is 12.9. The molecule has 1 saturated heterocycles. The average Bonchev–Trinajstić information content (AvgIpc) is 3.38. The number of thiazole rings is 1. The van der Waals surface area contributed by atoms with Crippen molar-refractivity contribution in [1.82, 2.24) is 9.88 Å². The third-order valence-electron chi connectivity index (χ3n) is 7.73. The van der Waals surface area contributed by atoms with Crippen LogP contribution in [0.25, 0.3) is 0 Å². The Morgan fingerprint density at radius 3 is 2.70 bits per heavy atom. The van der Waals surface area contributed by atoms with E-state index in [9.17, 15) is 10.1 Å². The van der Waals surface area contributed by atoms with Gasteiger partial charge in [0.25, 0.3) is 0 Å². The van der Waals surface area contributed by atoms with Crippen LogP contribution in [0.4, 0.5) is 5.13 Å². The van der Waals surface area contributed by atoms with Crippen LogP contribution in [-0.4, -0.2) is 49.3 Å². The number of halogens is 2. The van der Waals surface area contributed by atoms with Gasteiger partial charge >= 0.3 is 0 Å². The lowest BCUT2D eigenvalue weighted by Gasteiger charge is -2.38. The molecule has 4 rings (SSSR count). The Kier molecular flexibility index (Phi) is 8.61. The Bertz CT molecular complexity index is 1170. The molecule has 1 aromatic heterocycles. The molecule has 200 valence electrons. The molecule has 1 amide bonds. The Hall–Kier alpha value is -1.63. The van der Waals surface area contributed by atoms with Crippen molar-refractivity contribution >= 4 is 53.9 Å². The second kappa shape index (κ2) is 11.2. The molecule has 37 heavy (non-hydrogen) atoms. The van der Waals surface area contributed by atoms with Crippen LogP contribution < -0.4 is 4.90 Å². The van der Waals surface area contributed by atoms with E-state index >= 15 is 0 Å². The van der Waals surface area contributed by atoms with Crippen molar-refractivity contribution < 1.29 is 9.22 Å². The molecular formula is C27H36Cl2N4O2SSi. The van der Waals surface area contributed by atoms with Crippen molar-refractivity contribution in [3.8, 4) is 6.07 Å². The van der Waals surface area contributed by atoms with Gasteiger partial charge in [-0.1, -0.05) is 56.1 Å². The number of nitriles is 1. The molecule has 10 heteroatoms. The van der Waals surface area contributed by atoms with Crippen LogP contribution >= 0.6 is 34.5 Å². The van der Waals surface area contributed by atoms with E-state index in [2.05, 4.69) is 49.8 Å². The number of carbonyl (C=O) groups excluding carboxylic acids is 1. The number of benzene rings is 1. The second-order valence-corrected chi connectivity index (χ2v) is 18.3. The predicted molar refractivity (Wildman–Crippen MR) is 154 cm³/mol. The highest BCUT2D eigenvalue weighted by Gasteiger charge is 2.41. The molecule has 6 nitrogen and oxygen atoms in total. The van der Waals surface area contributed by atoms with E-state index in [0.717, 1.165) is 47.9 Å². The highest BCUT2D eigenvalue weighted by molar-refractivity contribution is 7.15. The maximum atomic E-state index is 13.5. The SMILES string of the molecule is CC(C)(C)[Si](C)(C)OC1CCN(c2ncc(CC(C#N)C(=O)N(Cc3cccc(Cl)c3Cl)C3CC3)s2)C1. The molecule has 2 fully saturated rings. The van der Waals surface area contributed by atoms with Gasteiger partial charge in [0.2, 0.25) is 5.91 Å². The second-order valence-electron chi connectivity index (χ2n) is 11.6.